The Hall–Kier alpha value is -2.20. The molecule has 2 fully saturated rings. The number of hydrogen-bond donors (Lipinski definition) is 0. The fourth-order valence-electron chi connectivity index (χ4n) is 4.50. The number of carbonyl (C=O) groups excluding carboxylic acids is 1. The van der Waals surface area contributed by atoms with Crippen molar-refractivity contribution in [2.45, 2.75) is 32.2 Å². The molecule has 1 amide bonds. The molecule has 0 saturated carbocycles. The van der Waals surface area contributed by atoms with E-state index in [1.807, 2.05) is 24.5 Å². The van der Waals surface area contributed by atoms with Crippen molar-refractivity contribution >= 4 is 5.91 Å². The molecular formula is C22H27N3O. The van der Waals surface area contributed by atoms with Gasteiger partial charge in [-0.25, -0.2) is 0 Å². The van der Waals surface area contributed by atoms with Crippen LogP contribution in [0.25, 0.3) is 0 Å². The van der Waals surface area contributed by atoms with Crippen LogP contribution in [0.4, 0.5) is 0 Å². The molecule has 1 spiro atoms. The molecule has 1 unspecified atom stereocenters. The minimum atomic E-state index is -0.156. The summed E-state index contributed by atoms with van der Waals surface area (Å²) >= 11 is 0. The Kier molecular flexibility index (Phi) is 5.02. The van der Waals surface area contributed by atoms with Crippen molar-refractivity contribution in [2.24, 2.45) is 5.41 Å². The van der Waals surface area contributed by atoms with Crippen LogP contribution in [0.1, 0.15) is 30.4 Å². The SMILES string of the molecule is O=C1N(CCc2ccccc2)CCCC12CCN(Cc1cccnc1)C2. The number of piperidine rings is 1. The zero-order valence-electron chi connectivity index (χ0n) is 15.3. The highest BCUT2D eigenvalue weighted by atomic mass is 16.2. The topological polar surface area (TPSA) is 36.4 Å². The van der Waals surface area contributed by atoms with Crippen LogP contribution in [-0.2, 0) is 17.8 Å². The first-order chi connectivity index (χ1) is 12.8. The van der Waals surface area contributed by atoms with E-state index in [4.69, 9.17) is 0 Å². The summed E-state index contributed by atoms with van der Waals surface area (Å²) in [6.07, 6.45) is 7.85. The third-order valence-corrected chi connectivity index (χ3v) is 5.90. The smallest absolute Gasteiger partial charge is 0.230 e. The first-order valence-electron chi connectivity index (χ1n) is 9.70. The fraction of sp³-hybridized carbons (Fsp3) is 0.455. The van der Waals surface area contributed by atoms with Gasteiger partial charge in [-0.3, -0.25) is 14.7 Å². The number of benzene rings is 1. The van der Waals surface area contributed by atoms with Gasteiger partial charge in [0.05, 0.1) is 5.41 Å². The van der Waals surface area contributed by atoms with E-state index in [9.17, 15) is 4.79 Å². The molecule has 2 saturated heterocycles. The van der Waals surface area contributed by atoms with Gasteiger partial charge in [0.1, 0.15) is 0 Å². The molecule has 136 valence electrons. The molecule has 1 atom stereocenters. The second-order valence-electron chi connectivity index (χ2n) is 7.73. The van der Waals surface area contributed by atoms with Gasteiger partial charge in [0.2, 0.25) is 5.91 Å². The van der Waals surface area contributed by atoms with Gasteiger partial charge >= 0.3 is 0 Å². The van der Waals surface area contributed by atoms with Crippen LogP contribution in [0.5, 0.6) is 0 Å². The Bertz CT molecular complexity index is 734. The number of amides is 1. The van der Waals surface area contributed by atoms with Crippen molar-refractivity contribution in [1.82, 2.24) is 14.8 Å². The Morgan fingerprint density at radius 1 is 1.00 bits per heavy atom. The molecule has 26 heavy (non-hydrogen) atoms. The van der Waals surface area contributed by atoms with E-state index in [1.54, 1.807) is 0 Å². The first-order valence-corrected chi connectivity index (χ1v) is 9.70. The lowest BCUT2D eigenvalue weighted by Crippen LogP contribution is -2.50. The van der Waals surface area contributed by atoms with Crippen LogP contribution in [0.2, 0.25) is 0 Å². The second kappa shape index (κ2) is 7.58. The summed E-state index contributed by atoms with van der Waals surface area (Å²) in [5.41, 5.74) is 2.38. The maximum Gasteiger partial charge on any atom is 0.230 e. The van der Waals surface area contributed by atoms with Crippen LogP contribution in [0, 0.1) is 5.41 Å². The highest BCUT2D eigenvalue weighted by Gasteiger charge is 2.47. The molecule has 0 N–H and O–H groups in total. The zero-order valence-corrected chi connectivity index (χ0v) is 15.3. The predicted molar refractivity (Wildman–Crippen MR) is 103 cm³/mol. The first kappa shape index (κ1) is 17.2. The number of aromatic nitrogens is 1. The zero-order chi connectivity index (χ0) is 17.8. The summed E-state index contributed by atoms with van der Waals surface area (Å²) < 4.78 is 0. The Labute approximate surface area is 155 Å². The third-order valence-electron chi connectivity index (χ3n) is 5.90. The van der Waals surface area contributed by atoms with Crippen molar-refractivity contribution in [1.29, 1.82) is 0 Å². The Morgan fingerprint density at radius 3 is 2.65 bits per heavy atom. The van der Waals surface area contributed by atoms with Gasteiger partial charge in [-0.1, -0.05) is 36.4 Å². The Morgan fingerprint density at radius 2 is 1.85 bits per heavy atom. The van der Waals surface area contributed by atoms with Gasteiger partial charge in [0, 0.05) is 38.6 Å². The van der Waals surface area contributed by atoms with Crippen molar-refractivity contribution in [3.63, 3.8) is 0 Å². The molecule has 2 aliphatic rings. The van der Waals surface area contributed by atoms with E-state index in [-0.39, 0.29) is 5.41 Å². The lowest BCUT2D eigenvalue weighted by atomic mass is 9.78. The number of likely N-dealkylation sites (tertiary alicyclic amines) is 2. The molecule has 2 aliphatic heterocycles. The van der Waals surface area contributed by atoms with E-state index in [0.717, 1.165) is 58.4 Å². The lowest BCUT2D eigenvalue weighted by Gasteiger charge is -2.39. The molecule has 2 aromatic rings. The van der Waals surface area contributed by atoms with Crippen LogP contribution >= 0.6 is 0 Å². The van der Waals surface area contributed by atoms with Crippen LogP contribution < -0.4 is 0 Å². The van der Waals surface area contributed by atoms with Crippen molar-refractivity contribution in [3.8, 4) is 0 Å². The fourth-order valence-corrected chi connectivity index (χ4v) is 4.50. The van der Waals surface area contributed by atoms with Gasteiger partial charge < -0.3 is 4.90 Å². The molecule has 0 radical (unpaired) electrons. The van der Waals surface area contributed by atoms with Gasteiger partial charge in [-0.2, -0.15) is 0 Å². The summed E-state index contributed by atoms with van der Waals surface area (Å²) in [4.78, 5) is 22.0. The molecular weight excluding hydrogens is 322 g/mol. The average Bonchev–Trinajstić information content (AvgIpc) is 3.08. The van der Waals surface area contributed by atoms with Crippen LogP contribution in [0.3, 0.4) is 0 Å². The summed E-state index contributed by atoms with van der Waals surface area (Å²) in [5.74, 6) is 0.383. The van der Waals surface area contributed by atoms with Gasteiger partial charge in [0.15, 0.2) is 0 Å². The maximum atomic E-state index is 13.3. The number of pyridine rings is 1. The molecule has 0 aliphatic carbocycles. The number of rotatable bonds is 5. The molecule has 3 heterocycles. The predicted octanol–water partition coefficient (Wildman–Crippen LogP) is 3.14. The molecule has 4 nitrogen and oxygen atoms in total. The summed E-state index contributed by atoms with van der Waals surface area (Å²) in [6.45, 7) is 4.55. The lowest BCUT2D eigenvalue weighted by molar-refractivity contribution is -0.145. The van der Waals surface area contributed by atoms with Crippen molar-refractivity contribution in [2.75, 3.05) is 26.2 Å². The average molecular weight is 349 g/mol. The highest BCUT2D eigenvalue weighted by molar-refractivity contribution is 5.84. The summed E-state index contributed by atoms with van der Waals surface area (Å²) in [5, 5.41) is 0. The third kappa shape index (κ3) is 3.65. The van der Waals surface area contributed by atoms with Crippen LogP contribution in [0.15, 0.2) is 54.9 Å². The minimum absolute atomic E-state index is 0.156. The van der Waals surface area contributed by atoms with Gasteiger partial charge in [0.25, 0.3) is 0 Å². The molecule has 4 heteroatoms. The van der Waals surface area contributed by atoms with Crippen LogP contribution in [-0.4, -0.2) is 46.9 Å². The highest BCUT2D eigenvalue weighted by Crippen LogP contribution is 2.40. The molecule has 0 bridgehead atoms. The van der Waals surface area contributed by atoms with E-state index in [0.29, 0.717) is 5.91 Å². The minimum Gasteiger partial charge on any atom is -0.342 e. The van der Waals surface area contributed by atoms with Crippen molar-refractivity contribution in [3.05, 3.63) is 66.0 Å². The van der Waals surface area contributed by atoms with Crippen molar-refractivity contribution < 1.29 is 4.79 Å². The quantitative estimate of drug-likeness (QED) is 0.832. The van der Waals surface area contributed by atoms with Gasteiger partial charge in [-0.05, 0) is 49.4 Å². The van der Waals surface area contributed by atoms with Gasteiger partial charge in [-0.15, -0.1) is 0 Å². The molecule has 4 rings (SSSR count). The summed E-state index contributed by atoms with van der Waals surface area (Å²) in [6, 6.07) is 14.6. The monoisotopic (exact) mass is 349 g/mol. The molecule has 1 aromatic heterocycles. The standard InChI is InChI=1S/C22H27N3O/c26-21-22(11-15-24(18-22)17-20-8-4-12-23-16-20)10-5-13-25(21)14-9-19-6-2-1-3-7-19/h1-4,6-8,12,16H,5,9-11,13-15,17-18H2. The van der Waals surface area contributed by atoms with E-state index in [2.05, 4.69) is 45.1 Å². The van der Waals surface area contributed by atoms with E-state index in [1.165, 1.54) is 11.1 Å². The number of carbonyl (C=O) groups is 1. The summed E-state index contributed by atoms with van der Waals surface area (Å²) in [7, 11) is 0. The second-order valence-corrected chi connectivity index (χ2v) is 7.73. The molecule has 1 aromatic carbocycles. The number of nitrogens with zero attached hydrogens (tertiary/aromatic N) is 3. The normalized spacial score (nSPS) is 23.7. The maximum absolute atomic E-state index is 13.3. The number of hydrogen-bond acceptors (Lipinski definition) is 3. The largest absolute Gasteiger partial charge is 0.342 e. The Balaban J connectivity index is 1.38. The van der Waals surface area contributed by atoms with E-state index >= 15 is 0 Å². The van der Waals surface area contributed by atoms with E-state index < -0.39 is 0 Å².